The molecule has 2 aliphatic heterocycles. The summed E-state index contributed by atoms with van der Waals surface area (Å²) >= 11 is 2.82. The minimum absolute atomic E-state index is 0.0548. The number of amides is 4. The fourth-order valence-electron chi connectivity index (χ4n) is 3.91. The Morgan fingerprint density at radius 2 is 2.06 bits per heavy atom. The van der Waals surface area contributed by atoms with Gasteiger partial charge in [0.05, 0.1) is 39.6 Å². The molecule has 4 amide bonds. The van der Waals surface area contributed by atoms with Crippen LogP contribution in [0.5, 0.6) is 0 Å². The molecule has 2 saturated heterocycles. The number of fused-ring (bicyclic) bond motifs is 2. The monoisotopic (exact) mass is 462 g/mol. The summed E-state index contributed by atoms with van der Waals surface area (Å²) in [5.41, 5.74) is 2.00. The molecular formula is C20H26N6O3S2. The fourth-order valence-corrected chi connectivity index (χ4v) is 6.03. The van der Waals surface area contributed by atoms with Crippen molar-refractivity contribution in [3.63, 3.8) is 0 Å². The van der Waals surface area contributed by atoms with Crippen LogP contribution in [-0.2, 0) is 9.59 Å². The number of carbonyl (C=O) groups is 3. The van der Waals surface area contributed by atoms with E-state index < -0.39 is 12.1 Å². The summed E-state index contributed by atoms with van der Waals surface area (Å²) in [6, 6.07) is 5.65. The average molecular weight is 463 g/mol. The van der Waals surface area contributed by atoms with Crippen LogP contribution in [0, 0.1) is 12.8 Å². The van der Waals surface area contributed by atoms with Crippen LogP contribution in [0.1, 0.15) is 18.9 Å². The number of anilines is 1. The van der Waals surface area contributed by atoms with E-state index in [4.69, 9.17) is 0 Å². The molecule has 1 aromatic carbocycles. The Labute approximate surface area is 188 Å². The fraction of sp³-hybridized carbons (Fsp3) is 0.500. The minimum Gasteiger partial charge on any atom is -0.311 e. The molecule has 31 heavy (non-hydrogen) atoms. The van der Waals surface area contributed by atoms with Crippen LogP contribution < -0.4 is 16.0 Å². The zero-order valence-corrected chi connectivity index (χ0v) is 19.5. The van der Waals surface area contributed by atoms with Crippen LogP contribution in [0.4, 0.5) is 9.93 Å². The van der Waals surface area contributed by atoms with Gasteiger partial charge in [-0.15, -0.1) is 11.8 Å². The van der Waals surface area contributed by atoms with Gasteiger partial charge in [-0.25, -0.2) is 9.78 Å². The molecule has 0 bridgehead atoms. The number of urea groups is 1. The van der Waals surface area contributed by atoms with Gasteiger partial charge < -0.3 is 10.2 Å². The van der Waals surface area contributed by atoms with Crippen molar-refractivity contribution in [3.05, 3.63) is 23.8 Å². The second-order valence-corrected chi connectivity index (χ2v) is 9.99. The number of hydrogen-bond acceptors (Lipinski definition) is 8. The highest BCUT2D eigenvalue weighted by Crippen LogP contribution is 2.32. The van der Waals surface area contributed by atoms with Gasteiger partial charge in [0, 0.05) is 14.1 Å². The van der Waals surface area contributed by atoms with E-state index in [0.717, 1.165) is 27.1 Å². The predicted octanol–water partition coefficient (Wildman–Crippen LogP) is 2.00. The molecule has 0 saturated carbocycles. The molecule has 166 valence electrons. The van der Waals surface area contributed by atoms with Crippen molar-refractivity contribution in [2.75, 3.05) is 25.2 Å². The lowest BCUT2D eigenvalue weighted by Gasteiger charge is -2.50. The van der Waals surface area contributed by atoms with E-state index >= 15 is 0 Å². The van der Waals surface area contributed by atoms with Gasteiger partial charge in [-0.05, 0) is 31.0 Å². The number of aromatic nitrogens is 1. The highest BCUT2D eigenvalue weighted by Gasteiger charge is 2.50. The lowest BCUT2D eigenvalue weighted by Crippen LogP contribution is -2.74. The smallest absolute Gasteiger partial charge is 0.311 e. The molecule has 4 atom stereocenters. The van der Waals surface area contributed by atoms with Gasteiger partial charge >= 0.3 is 6.03 Å². The van der Waals surface area contributed by atoms with Gasteiger partial charge in [-0.3, -0.25) is 25.1 Å². The Hall–Kier alpha value is -2.21. The SMILES string of the molecule is CCC1NC(SCC(=O)Nc2nc3ccc(C)cc3s2)C2C(=O)N(C)C(=O)N(C)C2N1. The Morgan fingerprint density at radius 1 is 1.29 bits per heavy atom. The minimum atomic E-state index is -0.487. The average Bonchev–Trinajstić information content (AvgIpc) is 3.15. The van der Waals surface area contributed by atoms with Gasteiger partial charge in [0.2, 0.25) is 11.8 Å². The van der Waals surface area contributed by atoms with Crippen molar-refractivity contribution in [3.8, 4) is 0 Å². The van der Waals surface area contributed by atoms with E-state index in [9.17, 15) is 14.4 Å². The summed E-state index contributed by atoms with van der Waals surface area (Å²) in [7, 11) is 3.18. The number of benzene rings is 1. The third kappa shape index (κ3) is 4.27. The number of thiazole rings is 1. The first-order chi connectivity index (χ1) is 14.8. The van der Waals surface area contributed by atoms with E-state index in [1.54, 1.807) is 11.9 Å². The summed E-state index contributed by atoms with van der Waals surface area (Å²) in [6.45, 7) is 4.04. The number of rotatable bonds is 5. The number of nitrogens with one attached hydrogen (secondary N) is 3. The molecule has 3 N–H and O–H groups in total. The van der Waals surface area contributed by atoms with Crippen LogP contribution in [0.15, 0.2) is 18.2 Å². The number of hydrogen-bond donors (Lipinski definition) is 3. The maximum atomic E-state index is 12.9. The molecule has 9 nitrogen and oxygen atoms in total. The number of nitrogens with zero attached hydrogens (tertiary/aromatic N) is 3. The molecule has 4 rings (SSSR count). The number of imide groups is 1. The molecule has 0 aliphatic carbocycles. The van der Waals surface area contributed by atoms with E-state index in [1.807, 2.05) is 32.0 Å². The predicted molar refractivity (Wildman–Crippen MR) is 123 cm³/mol. The third-order valence-corrected chi connectivity index (χ3v) is 7.77. The zero-order chi connectivity index (χ0) is 22.3. The lowest BCUT2D eigenvalue weighted by atomic mass is 9.97. The number of carbonyl (C=O) groups excluding carboxylic acids is 3. The molecule has 0 radical (unpaired) electrons. The molecule has 2 aromatic rings. The van der Waals surface area contributed by atoms with E-state index in [0.29, 0.717) is 5.13 Å². The highest BCUT2D eigenvalue weighted by molar-refractivity contribution is 8.00. The first kappa shape index (κ1) is 22.0. The van der Waals surface area contributed by atoms with Crippen molar-refractivity contribution in [1.29, 1.82) is 0 Å². The van der Waals surface area contributed by atoms with Crippen LogP contribution in [-0.4, -0.2) is 70.2 Å². The summed E-state index contributed by atoms with van der Waals surface area (Å²) in [5, 5.41) is 9.88. The second kappa shape index (κ2) is 8.73. The van der Waals surface area contributed by atoms with Crippen molar-refractivity contribution in [2.24, 2.45) is 5.92 Å². The summed E-state index contributed by atoms with van der Waals surface area (Å²) in [5.74, 6) is -0.742. The Kier molecular flexibility index (Phi) is 6.20. The quantitative estimate of drug-likeness (QED) is 0.624. The molecule has 4 unspecified atom stereocenters. The molecule has 2 aliphatic rings. The Bertz CT molecular complexity index is 1030. The first-order valence-corrected chi connectivity index (χ1v) is 12.0. The summed E-state index contributed by atoms with van der Waals surface area (Å²) in [6.07, 6.45) is 0.320. The molecule has 0 spiro atoms. The van der Waals surface area contributed by atoms with Crippen LogP contribution in [0.3, 0.4) is 0 Å². The normalized spacial score (nSPS) is 26.3. The Balaban J connectivity index is 1.44. The Morgan fingerprint density at radius 3 is 2.81 bits per heavy atom. The maximum Gasteiger partial charge on any atom is 0.327 e. The molecular weight excluding hydrogens is 436 g/mol. The molecule has 2 fully saturated rings. The zero-order valence-electron chi connectivity index (χ0n) is 17.8. The molecule has 3 heterocycles. The number of thioether (sulfide) groups is 1. The van der Waals surface area contributed by atoms with Gasteiger partial charge in [0.25, 0.3) is 0 Å². The van der Waals surface area contributed by atoms with Crippen LogP contribution in [0.25, 0.3) is 10.2 Å². The first-order valence-electron chi connectivity index (χ1n) is 10.1. The largest absolute Gasteiger partial charge is 0.327 e. The van der Waals surface area contributed by atoms with E-state index in [-0.39, 0.29) is 35.1 Å². The third-order valence-electron chi connectivity index (χ3n) is 5.62. The van der Waals surface area contributed by atoms with Crippen molar-refractivity contribution >= 4 is 56.3 Å². The van der Waals surface area contributed by atoms with Gasteiger partial charge in [-0.2, -0.15) is 0 Å². The summed E-state index contributed by atoms with van der Waals surface area (Å²) in [4.78, 5) is 45.0. The maximum absolute atomic E-state index is 12.9. The van der Waals surface area contributed by atoms with Crippen molar-refractivity contribution in [2.45, 2.75) is 38.0 Å². The topological polar surface area (TPSA) is 107 Å². The second-order valence-electron chi connectivity index (χ2n) is 7.83. The standard InChI is InChI=1S/C20H26N6O3S2/c1-5-13-22-16-15(18(28)26(4)20(29)25(16)3)17(23-13)30-9-14(27)24-19-21-11-7-6-10(2)8-12(11)31-19/h6-8,13,15-17,22-23H,5,9H2,1-4H3,(H,21,24,27). The number of aryl methyl sites for hydroxylation is 1. The van der Waals surface area contributed by atoms with Gasteiger partial charge in [-0.1, -0.05) is 24.3 Å². The molecule has 1 aromatic heterocycles. The van der Waals surface area contributed by atoms with Crippen molar-refractivity contribution in [1.82, 2.24) is 25.4 Å². The highest BCUT2D eigenvalue weighted by atomic mass is 32.2. The van der Waals surface area contributed by atoms with Crippen LogP contribution in [0.2, 0.25) is 0 Å². The van der Waals surface area contributed by atoms with E-state index in [2.05, 4.69) is 20.9 Å². The van der Waals surface area contributed by atoms with Crippen molar-refractivity contribution < 1.29 is 14.4 Å². The lowest BCUT2D eigenvalue weighted by molar-refractivity contribution is -0.140. The summed E-state index contributed by atoms with van der Waals surface area (Å²) < 4.78 is 1.03. The van der Waals surface area contributed by atoms with Gasteiger partial charge in [0.15, 0.2) is 5.13 Å². The van der Waals surface area contributed by atoms with Gasteiger partial charge in [0.1, 0.15) is 0 Å². The molecule has 11 heteroatoms. The van der Waals surface area contributed by atoms with Crippen LogP contribution >= 0.6 is 23.1 Å². The van der Waals surface area contributed by atoms with E-state index in [1.165, 1.54) is 30.1 Å².